The Hall–Kier alpha value is -1.56. The number of amides is 1. The van der Waals surface area contributed by atoms with Crippen LogP contribution in [0.15, 0.2) is 22.5 Å². The van der Waals surface area contributed by atoms with E-state index >= 15 is 0 Å². The Bertz CT molecular complexity index is 431. The first-order valence-electron chi connectivity index (χ1n) is 8.11. The fourth-order valence-electron chi connectivity index (χ4n) is 1.89. The van der Waals surface area contributed by atoms with E-state index < -0.39 is 0 Å². The summed E-state index contributed by atoms with van der Waals surface area (Å²) >= 11 is 1.46. The minimum atomic E-state index is 0.00331. The lowest BCUT2D eigenvalue weighted by Gasteiger charge is -2.11. The van der Waals surface area contributed by atoms with Crippen molar-refractivity contribution >= 4 is 23.2 Å². The molecule has 0 spiro atoms. The number of carbonyl (C=O) groups excluding carboxylic acids is 1. The minimum absolute atomic E-state index is 0.00331. The van der Waals surface area contributed by atoms with Crippen LogP contribution in [0.4, 0.5) is 0 Å². The molecule has 22 heavy (non-hydrogen) atoms. The number of guanidine groups is 1. The second-order valence-electron chi connectivity index (χ2n) is 4.98. The van der Waals surface area contributed by atoms with Crippen LogP contribution >= 0.6 is 11.3 Å². The van der Waals surface area contributed by atoms with E-state index in [4.69, 9.17) is 0 Å². The molecule has 0 radical (unpaired) electrons. The van der Waals surface area contributed by atoms with Crippen LogP contribution in [0.25, 0.3) is 0 Å². The van der Waals surface area contributed by atoms with E-state index in [1.807, 2.05) is 17.5 Å². The molecule has 0 fully saturated rings. The van der Waals surface area contributed by atoms with E-state index in [1.165, 1.54) is 24.2 Å². The first kappa shape index (κ1) is 18.5. The predicted octanol–water partition coefficient (Wildman–Crippen LogP) is 2.61. The maximum absolute atomic E-state index is 11.7. The van der Waals surface area contributed by atoms with Gasteiger partial charge in [0.05, 0.1) is 4.88 Å². The maximum atomic E-state index is 11.7. The highest BCUT2D eigenvalue weighted by molar-refractivity contribution is 7.12. The molecule has 0 atom stereocenters. The van der Waals surface area contributed by atoms with E-state index in [1.54, 1.807) is 0 Å². The maximum Gasteiger partial charge on any atom is 0.261 e. The number of rotatable bonds is 10. The predicted molar refractivity (Wildman–Crippen MR) is 94.8 cm³/mol. The van der Waals surface area contributed by atoms with Crippen LogP contribution in [-0.2, 0) is 0 Å². The number of unbranched alkanes of at least 4 members (excludes halogenated alkanes) is 2. The van der Waals surface area contributed by atoms with Crippen LogP contribution in [0.1, 0.15) is 49.2 Å². The van der Waals surface area contributed by atoms with Gasteiger partial charge in [0.2, 0.25) is 0 Å². The SMILES string of the molecule is CCCCCNC(=NCCCNC(=O)c1cccs1)NCC. The van der Waals surface area contributed by atoms with Crippen molar-refractivity contribution < 1.29 is 4.79 Å². The molecule has 124 valence electrons. The van der Waals surface area contributed by atoms with Gasteiger partial charge >= 0.3 is 0 Å². The van der Waals surface area contributed by atoms with Crippen molar-refractivity contribution in [2.45, 2.75) is 39.5 Å². The summed E-state index contributed by atoms with van der Waals surface area (Å²) in [5.74, 6) is 0.867. The third kappa shape index (κ3) is 8.02. The van der Waals surface area contributed by atoms with Gasteiger partial charge in [0.15, 0.2) is 5.96 Å². The summed E-state index contributed by atoms with van der Waals surface area (Å²) in [6.45, 7) is 7.42. The van der Waals surface area contributed by atoms with Crippen molar-refractivity contribution in [3.05, 3.63) is 22.4 Å². The Labute approximate surface area is 137 Å². The number of nitrogens with one attached hydrogen (secondary N) is 3. The van der Waals surface area contributed by atoms with Crippen molar-refractivity contribution in [2.24, 2.45) is 4.99 Å². The molecule has 0 aliphatic rings. The van der Waals surface area contributed by atoms with Gasteiger partial charge in [-0.2, -0.15) is 0 Å². The standard InChI is InChI=1S/C16H28N4OS/c1-3-5-6-10-19-16(17-4-2)20-12-8-11-18-15(21)14-9-7-13-22-14/h7,9,13H,3-6,8,10-12H2,1-2H3,(H,18,21)(H2,17,19,20). The molecule has 0 aromatic carbocycles. The van der Waals surface area contributed by atoms with Gasteiger partial charge in [-0.1, -0.05) is 25.8 Å². The molecule has 0 bridgehead atoms. The molecule has 0 saturated carbocycles. The second-order valence-corrected chi connectivity index (χ2v) is 5.93. The third-order valence-electron chi connectivity index (χ3n) is 3.05. The van der Waals surface area contributed by atoms with Crippen molar-refractivity contribution in [3.63, 3.8) is 0 Å². The molecule has 1 rings (SSSR count). The summed E-state index contributed by atoms with van der Waals surface area (Å²) in [7, 11) is 0. The summed E-state index contributed by atoms with van der Waals surface area (Å²) in [5.41, 5.74) is 0. The zero-order valence-corrected chi connectivity index (χ0v) is 14.5. The van der Waals surface area contributed by atoms with E-state index in [2.05, 4.69) is 34.8 Å². The number of carbonyl (C=O) groups is 1. The third-order valence-corrected chi connectivity index (χ3v) is 3.92. The zero-order valence-electron chi connectivity index (χ0n) is 13.7. The molecule has 1 aromatic rings. The molecule has 0 aliphatic carbocycles. The number of thiophene rings is 1. The first-order chi connectivity index (χ1) is 10.8. The van der Waals surface area contributed by atoms with Crippen molar-refractivity contribution in [2.75, 3.05) is 26.2 Å². The quantitative estimate of drug-likeness (QED) is 0.352. The van der Waals surface area contributed by atoms with Gasteiger partial charge < -0.3 is 16.0 Å². The topological polar surface area (TPSA) is 65.5 Å². The lowest BCUT2D eigenvalue weighted by atomic mass is 10.2. The fourth-order valence-corrected chi connectivity index (χ4v) is 2.53. The van der Waals surface area contributed by atoms with Gasteiger partial charge in [-0.05, 0) is 31.2 Å². The highest BCUT2D eigenvalue weighted by Crippen LogP contribution is 2.07. The minimum Gasteiger partial charge on any atom is -0.357 e. The molecule has 5 nitrogen and oxygen atoms in total. The van der Waals surface area contributed by atoms with Crippen LogP contribution in [0.2, 0.25) is 0 Å². The van der Waals surface area contributed by atoms with Crippen molar-refractivity contribution in [1.82, 2.24) is 16.0 Å². The van der Waals surface area contributed by atoms with E-state index in [9.17, 15) is 4.79 Å². The van der Waals surface area contributed by atoms with Crippen LogP contribution in [-0.4, -0.2) is 38.0 Å². The Morgan fingerprint density at radius 1 is 1.14 bits per heavy atom. The highest BCUT2D eigenvalue weighted by atomic mass is 32.1. The smallest absolute Gasteiger partial charge is 0.261 e. The molecule has 0 unspecified atom stereocenters. The molecule has 3 N–H and O–H groups in total. The fraction of sp³-hybridized carbons (Fsp3) is 0.625. The molecule has 6 heteroatoms. The van der Waals surface area contributed by atoms with Gasteiger partial charge in [0, 0.05) is 26.2 Å². The van der Waals surface area contributed by atoms with Gasteiger partial charge in [-0.15, -0.1) is 11.3 Å². The molecule has 1 heterocycles. The number of nitrogens with zero attached hydrogens (tertiary/aromatic N) is 1. The van der Waals surface area contributed by atoms with E-state index in [0.29, 0.717) is 13.1 Å². The summed E-state index contributed by atoms with van der Waals surface area (Å²) in [5, 5.41) is 11.4. The Kier molecular flexibility index (Phi) is 10.1. The summed E-state index contributed by atoms with van der Waals surface area (Å²) < 4.78 is 0. The largest absolute Gasteiger partial charge is 0.357 e. The van der Waals surface area contributed by atoms with Gasteiger partial charge in [-0.25, -0.2) is 0 Å². The Morgan fingerprint density at radius 3 is 2.64 bits per heavy atom. The molecule has 1 amide bonds. The van der Waals surface area contributed by atoms with E-state index in [-0.39, 0.29) is 5.91 Å². The van der Waals surface area contributed by atoms with Gasteiger partial charge in [-0.3, -0.25) is 9.79 Å². The van der Waals surface area contributed by atoms with Crippen LogP contribution in [0.3, 0.4) is 0 Å². The van der Waals surface area contributed by atoms with Gasteiger partial charge in [0.25, 0.3) is 5.91 Å². The molecule has 1 aromatic heterocycles. The molecule has 0 saturated heterocycles. The second kappa shape index (κ2) is 12.0. The molecular weight excluding hydrogens is 296 g/mol. The number of hydrogen-bond acceptors (Lipinski definition) is 3. The van der Waals surface area contributed by atoms with Crippen LogP contribution in [0.5, 0.6) is 0 Å². The normalized spacial score (nSPS) is 11.3. The first-order valence-corrected chi connectivity index (χ1v) is 8.99. The zero-order chi connectivity index (χ0) is 16.0. The summed E-state index contributed by atoms with van der Waals surface area (Å²) in [4.78, 5) is 17.0. The lowest BCUT2D eigenvalue weighted by Crippen LogP contribution is -2.38. The van der Waals surface area contributed by atoms with Crippen molar-refractivity contribution in [3.8, 4) is 0 Å². The lowest BCUT2D eigenvalue weighted by molar-refractivity contribution is 0.0957. The summed E-state index contributed by atoms with van der Waals surface area (Å²) in [6.07, 6.45) is 4.46. The Balaban J connectivity index is 2.18. The van der Waals surface area contributed by atoms with Crippen LogP contribution < -0.4 is 16.0 Å². The average Bonchev–Trinajstić information content (AvgIpc) is 3.05. The molecular formula is C16H28N4OS. The average molecular weight is 324 g/mol. The number of hydrogen-bond donors (Lipinski definition) is 3. The van der Waals surface area contributed by atoms with Gasteiger partial charge in [0.1, 0.15) is 0 Å². The highest BCUT2D eigenvalue weighted by Gasteiger charge is 2.04. The summed E-state index contributed by atoms with van der Waals surface area (Å²) in [6, 6.07) is 3.72. The number of aliphatic imine (C=N–C) groups is 1. The monoisotopic (exact) mass is 324 g/mol. The van der Waals surface area contributed by atoms with Crippen molar-refractivity contribution in [1.29, 1.82) is 0 Å². The Morgan fingerprint density at radius 2 is 1.95 bits per heavy atom. The molecule has 0 aliphatic heterocycles. The van der Waals surface area contributed by atoms with Crippen LogP contribution in [0, 0.1) is 0 Å². The van der Waals surface area contributed by atoms with E-state index in [0.717, 1.165) is 36.8 Å².